The zero-order chi connectivity index (χ0) is 23.2. The van der Waals surface area contributed by atoms with Gasteiger partial charge in [0.15, 0.2) is 5.25 Å². The van der Waals surface area contributed by atoms with Gasteiger partial charge in [-0.2, -0.15) is 0 Å². The molecule has 2 aromatic rings. The molecule has 8 heteroatoms. The van der Waals surface area contributed by atoms with Crippen LogP contribution in [0.5, 0.6) is 5.75 Å². The van der Waals surface area contributed by atoms with E-state index in [0.717, 1.165) is 30.6 Å². The third-order valence-electron chi connectivity index (χ3n) is 5.80. The molecule has 0 aromatic heterocycles. The number of hydrogen-bond acceptors (Lipinski definition) is 5. The molecule has 2 aliphatic rings. The SMILES string of the molecule is CCOc1ccccc1NC(=O)CN1C(=O)[C@H](C(=O)N2CCCCCC2)Sc2ccccc21. The predicted octanol–water partition coefficient (Wildman–Crippen LogP) is 3.93. The van der Waals surface area contributed by atoms with Crippen LogP contribution >= 0.6 is 11.8 Å². The number of hydrogen-bond donors (Lipinski definition) is 1. The lowest BCUT2D eigenvalue weighted by molar-refractivity contribution is -0.135. The van der Waals surface area contributed by atoms with Gasteiger partial charge in [0.05, 0.1) is 18.0 Å². The minimum Gasteiger partial charge on any atom is -0.492 e. The lowest BCUT2D eigenvalue weighted by Gasteiger charge is -2.34. The molecule has 2 heterocycles. The summed E-state index contributed by atoms with van der Waals surface area (Å²) in [5.41, 5.74) is 1.20. The van der Waals surface area contributed by atoms with E-state index in [9.17, 15) is 14.4 Å². The van der Waals surface area contributed by atoms with E-state index in [1.54, 1.807) is 12.1 Å². The van der Waals surface area contributed by atoms with Crippen molar-refractivity contribution in [2.24, 2.45) is 0 Å². The molecular formula is C25H29N3O4S. The Hall–Kier alpha value is -3.00. The van der Waals surface area contributed by atoms with E-state index in [2.05, 4.69) is 5.32 Å². The summed E-state index contributed by atoms with van der Waals surface area (Å²) in [5.74, 6) is -0.281. The van der Waals surface area contributed by atoms with E-state index in [0.29, 0.717) is 36.8 Å². The summed E-state index contributed by atoms with van der Waals surface area (Å²) in [4.78, 5) is 43.8. The van der Waals surface area contributed by atoms with Crippen molar-refractivity contribution >= 4 is 40.9 Å². The maximum absolute atomic E-state index is 13.5. The lowest BCUT2D eigenvalue weighted by Crippen LogP contribution is -2.51. The Morgan fingerprint density at radius 2 is 1.73 bits per heavy atom. The highest BCUT2D eigenvalue weighted by Gasteiger charge is 2.40. The topological polar surface area (TPSA) is 79.0 Å². The van der Waals surface area contributed by atoms with Gasteiger partial charge >= 0.3 is 0 Å². The van der Waals surface area contributed by atoms with Crippen LogP contribution in [0.3, 0.4) is 0 Å². The third kappa shape index (κ3) is 5.33. The van der Waals surface area contributed by atoms with E-state index >= 15 is 0 Å². The van der Waals surface area contributed by atoms with Crippen LogP contribution in [-0.4, -0.2) is 54.1 Å². The molecule has 0 bridgehead atoms. The van der Waals surface area contributed by atoms with Crippen LogP contribution in [0.1, 0.15) is 32.6 Å². The van der Waals surface area contributed by atoms with E-state index in [-0.39, 0.29) is 24.3 Å². The van der Waals surface area contributed by atoms with Gasteiger partial charge in [-0.15, -0.1) is 11.8 Å². The van der Waals surface area contributed by atoms with Gasteiger partial charge in [0, 0.05) is 18.0 Å². The molecule has 3 amide bonds. The summed E-state index contributed by atoms with van der Waals surface area (Å²) >= 11 is 1.28. The van der Waals surface area contributed by atoms with Gasteiger partial charge in [0.1, 0.15) is 12.3 Å². The van der Waals surface area contributed by atoms with Crippen molar-refractivity contribution in [3.8, 4) is 5.75 Å². The highest BCUT2D eigenvalue weighted by Crippen LogP contribution is 2.40. The average molecular weight is 468 g/mol. The first kappa shape index (κ1) is 23.2. The first-order chi connectivity index (χ1) is 16.1. The Morgan fingerprint density at radius 3 is 2.48 bits per heavy atom. The van der Waals surface area contributed by atoms with E-state index in [1.165, 1.54) is 16.7 Å². The summed E-state index contributed by atoms with van der Waals surface area (Å²) in [5, 5.41) is 1.98. The number of nitrogens with zero attached hydrogens (tertiary/aromatic N) is 2. The van der Waals surface area contributed by atoms with Crippen LogP contribution < -0.4 is 15.0 Å². The number of carbonyl (C=O) groups is 3. The summed E-state index contributed by atoms with van der Waals surface area (Å²) in [6.07, 6.45) is 4.13. The second kappa shape index (κ2) is 10.7. The molecule has 2 aliphatic heterocycles. The molecular weight excluding hydrogens is 438 g/mol. The van der Waals surface area contributed by atoms with Crippen LogP contribution in [0.4, 0.5) is 11.4 Å². The van der Waals surface area contributed by atoms with Gasteiger partial charge in [-0.1, -0.05) is 37.1 Å². The Balaban J connectivity index is 1.54. The fraction of sp³-hybridized carbons (Fsp3) is 0.400. The van der Waals surface area contributed by atoms with Crippen LogP contribution in [0, 0.1) is 0 Å². The van der Waals surface area contributed by atoms with Gasteiger partial charge < -0.3 is 19.9 Å². The molecule has 4 rings (SSSR count). The summed E-state index contributed by atoms with van der Waals surface area (Å²) < 4.78 is 5.58. The summed E-state index contributed by atoms with van der Waals surface area (Å²) in [6, 6.07) is 14.6. The first-order valence-corrected chi connectivity index (χ1v) is 12.3. The maximum Gasteiger partial charge on any atom is 0.250 e. The zero-order valence-electron chi connectivity index (χ0n) is 18.8. The molecule has 0 aliphatic carbocycles. The minimum absolute atomic E-state index is 0.159. The van der Waals surface area contributed by atoms with Crippen LogP contribution in [-0.2, 0) is 14.4 Å². The van der Waals surface area contributed by atoms with Crippen molar-refractivity contribution in [3.63, 3.8) is 0 Å². The fourth-order valence-electron chi connectivity index (χ4n) is 4.18. The quantitative estimate of drug-likeness (QED) is 0.651. The number of anilines is 2. The molecule has 33 heavy (non-hydrogen) atoms. The van der Waals surface area contributed by atoms with Crippen LogP contribution in [0.25, 0.3) is 0 Å². The van der Waals surface area contributed by atoms with Gasteiger partial charge in [-0.05, 0) is 44.0 Å². The molecule has 7 nitrogen and oxygen atoms in total. The molecule has 1 N–H and O–H groups in total. The van der Waals surface area contributed by atoms with Crippen molar-refractivity contribution in [3.05, 3.63) is 48.5 Å². The molecule has 1 saturated heterocycles. The molecule has 1 atom stereocenters. The number of benzene rings is 2. The molecule has 0 unspecified atom stereocenters. The molecule has 0 saturated carbocycles. The number of thioether (sulfide) groups is 1. The second-order valence-electron chi connectivity index (χ2n) is 8.11. The number of nitrogens with one attached hydrogen (secondary N) is 1. The van der Waals surface area contributed by atoms with Crippen molar-refractivity contribution in [2.75, 3.05) is 36.5 Å². The van der Waals surface area contributed by atoms with Crippen molar-refractivity contribution < 1.29 is 19.1 Å². The Bertz CT molecular complexity index is 1020. The summed E-state index contributed by atoms with van der Waals surface area (Å²) in [6.45, 7) is 3.53. The molecule has 0 spiro atoms. The Kier molecular flexibility index (Phi) is 7.54. The van der Waals surface area contributed by atoms with Crippen molar-refractivity contribution in [1.82, 2.24) is 4.90 Å². The normalized spacial score (nSPS) is 18.3. The largest absolute Gasteiger partial charge is 0.492 e. The number of fused-ring (bicyclic) bond motifs is 1. The number of rotatable bonds is 6. The first-order valence-electron chi connectivity index (χ1n) is 11.5. The Labute approximate surface area is 198 Å². The standard InChI is InChI=1S/C25H29N3O4S/c1-2-32-20-13-7-5-11-18(20)26-22(29)17-28-19-12-6-8-14-21(19)33-23(25(28)31)24(30)27-15-9-3-4-10-16-27/h5-8,11-14,23H,2-4,9-10,15-17H2,1H3,(H,26,29)/t23-/m0/s1. The zero-order valence-corrected chi connectivity index (χ0v) is 19.6. The fourth-order valence-corrected chi connectivity index (χ4v) is 5.37. The number of likely N-dealkylation sites (tertiary alicyclic amines) is 1. The molecule has 174 valence electrons. The second-order valence-corrected chi connectivity index (χ2v) is 9.25. The van der Waals surface area contributed by atoms with Gasteiger partial charge in [-0.3, -0.25) is 14.4 Å². The highest BCUT2D eigenvalue weighted by molar-refractivity contribution is 8.01. The van der Waals surface area contributed by atoms with Gasteiger partial charge in [-0.25, -0.2) is 0 Å². The lowest BCUT2D eigenvalue weighted by atomic mass is 10.2. The number of para-hydroxylation sites is 3. The number of ether oxygens (including phenoxy) is 1. The van der Waals surface area contributed by atoms with Crippen LogP contribution in [0.2, 0.25) is 0 Å². The number of amides is 3. The van der Waals surface area contributed by atoms with Crippen molar-refractivity contribution in [2.45, 2.75) is 42.8 Å². The van der Waals surface area contributed by atoms with Gasteiger partial charge in [0.25, 0.3) is 5.91 Å². The maximum atomic E-state index is 13.5. The van der Waals surface area contributed by atoms with E-state index in [4.69, 9.17) is 4.74 Å². The minimum atomic E-state index is -0.874. The smallest absolute Gasteiger partial charge is 0.250 e. The molecule has 1 fully saturated rings. The van der Waals surface area contributed by atoms with E-state index < -0.39 is 5.25 Å². The van der Waals surface area contributed by atoms with Crippen LogP contribution in [0.15, 0.2) is 53.4 Å². The Morgan fingerprint density at radius 1 is 1.03 bits per heavy atom. The average Bonchev–Trinajstić information content (AvgIpc) is 3.11. The highest BCUT2D eigenvalue weighted by atomic mass is 32.2. The molecule has 0 radical (unpaired) electrons. The monoisotopic (exact) mass is 467 g/mol. The van der Waals surface area contributed by atoms with Crippen molar-refractivity contribution in [1.29, 1.82) is 0 Å². The third-order valence-corrected chi connectivity index (χ3v) is 7.03. The van der Waals surface area contributed by atoms with E-state index in [1.807, 2.05) is 48.2 Å². The predicted molar refractivity (Wildman–Crippen MR) is 130 cm³/mol. The number of carbonyl (C=O) groups excluding carboxylic acids is 3. The summed E-state index contributed by atoms with van der Waals surface area (Å²) in [7, 11) is 0. The molecule has 2 aromatic carbocycles. The van der Waals surface area contributed by atoms with Gasteiger partial charge in [0.2, 0.25) is 11.8 Å².